The van der Waals surface area contributed by atoms with Crippen molar-refractivity contribution < 1.29 is 19.1 Å². The minimum Gasteiger partial charge on any atom is -0.497 e. The second-order valence-electron chi connectivity index (χ2n) is 6.94. The quantitative estimate of drug-likeness (QED) is 0.607. The van der Waals surface area contributed by atoms with Crippen molar-refractivity contribution in [2.75, 3.05) is 30.2 Å². The number of methoxy groups -OCH3 is 2. The first-order valence-electron chi connectivity index (χ1n) is 9.72. The van der Waals surface area contributed by atoms with Crippen molar-refractivity contribution in [1.29, 1.82) is 0 Å². The summed E-state index contributed by atoms with van der Waals surface area (Å²) < 4.78 is 10.5. The highest BCUT2D eigenvalue weighted by molar-refractivity contribution is 8.00. The summed E-state index contributed by atoms with van der Waals surface area (Å²) in [6.07, 6.45) is 0. The normalized spacial score (nSPS) is 15.6. The molecule has 7 heteroatoms. The molecule has 1 N–H and O–H groups in total. The van der Waals surface area contributed by atoms with Crippen LogP contribution in [0.3, 0.4) is 0 Å². The lowest BCUT2D eigenvalue weighted by atomic mass is 10.1. The van der Waals surface area contributed by atoms with Crippen LogP contribution < -0.4 is 19.7 Å². The van der Waals surface area contributed by atoms with Gasteiger partial charge >= 0.3 is 0 Å². The molecule has 31 heavy (non-hydrogen) atoms. The third-order valence-electron chi connectivity index (χ3n) is 4.96. The van der Waals surface area contributed by atoms with Crippen LogP contribution in [0.1, 0.15) is 21.3 Å². The van der Waals surface area contributed by atoms with Gasteiger partial charge in [-0.1, -0.05) is 24.3 Å². The van der Waals surface area contributed by atoms with Crippen LogP contribution in [0.2, 0.25) is 0 Å². The van der Waals surface area contributed by atoms with Crippen molar-refractivity contribution >= 4 is 35.0 Å². The third kappa shape index (κ3) is 4.51. The first-order chi connectivity index (χ1) is 15.1. The number of amides is 2. The fourth-order valence-corrected chi connectivity index (χ4v) is 4.61. The van der Waals surface area contributed by atoms with E-state index in [-0.39, 0.29) is 17.2 Å². The molecule has 3 aromatic carbocycles. The molecule has 0 saturated carbocycles. The highest BCUT2D eigenvalue weighted by atomic mass is 32.2. The summed E-state index contributed by atoms with van der Waals surface area (Å²) in [6, 6.07) is 22.0. The smallest absolute Gasteiger partial charge is 0.255 e. The van der Waals surface area contributed by atoms with E-state index in [1.165, 1.54) is 0 Å². The van der Waals surface area contributed by atoms with Gasteiger partial charge in [0.2, 0.25) is 5.91 Å². The second-order valence-corrected chi connectivity index (χ2v) is 8.01. The topological polar surface area (TPSA) is 67.9 Å². The Hall–Kier alpha value is -3.45. The van der Waals surface area contributed by atoms with E-state index < -0.39 is 0 Å². The van der Waals surface area contributed by atoms with E-state index in [1.54, 1.807) is 55.1 Å². The number of rotatable bonds is 6. The van der Waals surface area contributed by atoms with Crippen LogP contribution in [-0.4, -0.2) is 31.8 Å². The van der Waals surface area contributed by atoms with Gasteiger partial charge < -0.3 is 14.8 Å². The Labute approximate surface area is 185 Å². The van der Waals surface area contributed by atoms with Gasteiger partial charge in [0.05, 0.1) is 20.0 Å². The largest absolute Gasteiger partial charge is 0.497 e. The highest BCUT2D eigenvalue weighted by Gasteiger charge is 2.34. The summed E-state index contributed by atoms with van der Waals surface area (Å²) in [6.45, 7) is 0. The Morgan fingerprint density at radius 2 is 1.68 bits per heavy atom. The molecule has 0 aromatic heterocycles. The number of ether oxygens (including phenoxy) is 2. The van der Waals surface area contributed by atoms with Crippen LogP contribution in [0.25, 0.3) is 0 Å². The standard InChI is InChI=1S/C24H22N2O4S/c1-29-20-10-4-6-16(13-20)23(28)25-18-8-3-7-17(12-18)24-26(22(27)15-31-24)19-9-5-11-21(14-19)30-2/h3-14,24H,15H2,1-2H3,(H,25,28). The molecule has 4 rings (SSSR count). The number of hydrogen-bond donors (Lipinski definition) is 1. The molecule has 1 heterocycles. The molecule has 3 aromatic rings. The van der Waals surface area contributed by atoms with Crippen LogP contribution in [0.15, 0.2) is 72.8 Å². The van der Waals surface area contributed by atoms with E-state index in [4.69, 9.17) is 9.47 Å². The zero-order valence-electron chi connectivity index (χ0n) is 17.2. The number of hydrogen-bond acceptors (Lipinski definition) is 5. The van der Waals surface area contributed by atoms with Crippen molar-refractivity contribution in [3.05, 3.63) is 83.9 Å². The Morgan fingerprint density at radius 3 is 2.45 bits per heavy atom. The van der Waals surface area contributed by atoms with Crippen molar-refractivity contribution in [1.82, 2.24) is 0 Å². The molecule has 1 unspecified atom stereocenters. The highest BCUT2D eigenvalue weighted by Crippen LogP contribution is 2.42. The van der Waals surface area contributed by atoms with E-state index in [2.05, 4.69) is 5.32 Å². The van der Waals surface area contributed by atoms with Crippen LogP contribution >= 0.6 is 11.8 Å². The molecule has 6 nitrogen and oxygen atoms in total. The Kier molecular flexibility index (Phi) is 6.13. The molecular formula is C24H22N2O4S. The SMILES string of the molecule is COc1cccc(C(=O)Nc2cccc(C3SCC(=O)N3c3cccc(OC)c3)c2)c1. The number of carbonyl (C=O) groups is 2. The molecule has 0 spiro atoms. The molecule has 1 aliphatic heterocycles. The summed E-state index contributed by atoms with van der Waals surface area (Å²) in [5, 5.41) is 2.74. The van der Waals surface area contributed by atoms with Gasteiger partial charge in [0.25, 0.3) is 5.91 Å². The number of nitrogens with one attached hydrogen (secondary N) is 1. The predicted octanol–water partition coefficient (Wildman–Crippen LogP) is 4.73. The maximum absolute atomic E-state index is 12.7. The van der Waals surface area contributed by atoms with E-state index in [9.17, 15) is 9.59 Å². The van der Waals surface area contributed by atoms with Crippen molar-refractivity contribution in [3.8, 4) is 11.5 Å². The van der Waals surface area contributed by atoms with Crippen LogP contribution in [0.4, 0.5) is 11.4 Å². The molecule has 2 amide bonds. The van der Waals surface area contributed by atoms with E-state index in [0.717, 1.165) is 11.3 Å². The van der Waals surface area contributed by atoms with Gasteiger partial charge in [-0.2, -0.15) is 0 Å². The van der Waals surface area contributed by atoms with E-state index >= 15 is 0 Å². The number of thioether (sulfide) groups is 1. The molecular weight excluding hydrogens is 412 g/mol. The van der Waals surface area contributed by atoms with Gasteiger partial charge in [-0.3, -0.25) is 14.5 Å². The lowest BCUT2D eigenvalue weighted by Gasteiger charge is -2.25. The molecule has 1 aliphatic rings. The van der Waals surface area contributed by atoms with Crippen molar-refractivity contribution in [3.63, 3.8) is 0 Å². The number of benzene rings is 3. The summed E-state index contributed by atoms with van der Waals surface area (Å²) in [4.78, 5) is 27.1. The van der Waals surface area contributed by atoms with Gasteiger partial charge in [-0.15, -0.1) is 11.8 Å². The molecule has 0 bridgehead atoms. The lowest BCUT2D eigenvalue weighted by molar-refractivity contribution is -0.115. The average Bonchev–Trinajstić information content (AvgIpc) is 3.20. The van der Waals surface area contributed by atoms with Crippen LogP contribution in [0, 0.1) is 0 Å². The predicted molar refractivity (Wildman–Crippen MR) is 123 cm³/mol. The Balaban J connectivity index is 1.58. The molecule has 1 fully saturated rings. The van der Waals surface area contributed by atoms with Gasteiger partial charge in [0.1, 0.15) is 16.9 Å². The molecule has 158 valence electrons. The zero-order chi connectivity index (χ0) is 21.8. The number of nitrogens with zero attached hydrogens (tertiary/aromatic N) is 1. The first-order valence-corrected chi connectivity index (χ1v) is 10.8. The lowest BCUT2D eigenvalue weighted by Crippen LogP contribution is -2.27. The third-order valence-corrected chi connectivity index (χ3v) is 6.17. The fraction of sp³-hybridized carbons (Fsp3) is 0.167. The number of anilines is 2. The number of carbonyl (C=O) groups excluding carboxylic acids is 2. The second kappa shape index (κ2) is 9.14. The summed E-state index contributed by atoms with van der Waals surface area (Å²) in [5.41, 5.74) is 2.89. The van der Waals surface area contributed by atoms with Gasteiger partial charge in [0.15, 0.2) is 0 Å². The summed E-state index contributed by atoms with van der Waals surface area (Å²) in [7, 11) is 3.17. The Bertz CT molecular complexity index is 1120. The minimum absolute atomic E-state index is 0.0362. The summed E-state index contributed by atoms with van der Waals surface area (Å²) >= 11 is 1.56. The Morgan fingerprint density at radius 1 is 0.968 bits per heavy atom. The van der Waals surface area contributed by atoms with Gasteiger partial charge in [0, 0.05) is 23.0 Å². The van der Waals surface area contributed by atoms with Crippen LogP contribution in [-0.2, 0) is 4.79 Å². The summed E-state index contributed by atoms with van der Waals surface area (Å²) in [5.74, 6) is 1.52. The molecule has 0 aliphatic carbocycles. The minimum atomic E-state index is -0.226. The van der Waals surface area contributed by atoms with Crippen molar-refractivity contribution in [2.45, 2.75) is 5.37 Å². The van der Waals surface area contributed by atoms with E-state index in [1.807, 2.05) is 48.5 Å². The molecule has 1 atom stereocenters. The monoisotopic (exact) mass is 434 g/mol. The van der Waals surface area contributed by atoms with Gasteiger partial charge in [-0.25, -0.2) is 0 Å². The van der Waals surface area contributed by atoms with Gasteiger partial charge in [-0.05, 0) is 48.0 Å². The maximum Gasteiger partial charge on any atom is 0.255 e. The maximum atomic E-state index is 12.7. The van der Waals surface area contributed by atoms with E-state index in [0.29, 0.717) is 28.5 Å². The van der Waals surface area contributed by atoms with Crippen LogP contribution in [0.5, 0.6) is 11.5 Å². The first kappa shape index (κ1) is 20.8. The fourth-order valence-electron chi connectivity index (χ4n) is 3.45. The van der Waals surface area contributed by atoms with Crippen molar-refractivity contribution in [2.24, 2.45) is 0 Å². The average molecular weight is 435 g/mol. The molecule has 1 saturated heterocycles. The zero-order valence-corrected chi connectivity index (χ0v) is 18.0. The molecule has 0 radical (unpaired) electrons.